The Hall–Kier alpha value is -1.51. The van der Waals surface area contributed by atoms with E-state index in [1.807, 2.05) is 15.9 Å². The van der Waals surface area contributed by atoms with Crippen LogP contribution in [0.4, 0.5) is 10.5 Å². The van der Waals surface area contributed by atoms with Crippen molar-refractivity contribution in [2.45, 2.75) is 32.6 Å². The van der Waals surface area contributed by atoms with E-state index in [1.165, 1.54) is 5.56 Å². The van der Waals surface area contributed by atoms with Gasteiger partial charge in [0.15, 0.2) is 0 Å². The number of urea groups is 1. The van der Waals surface area contributed by atoms with Crippen molar-refractivity contribution >= 4 is 11.7 Å². The highest BCUT2D eigenvalue weighted by atomic mass is 16.2. The first kappa shape index (κ1) is 12.5. The molecule has 1 fully saturated rings. The lowest BCUT2D eigenvalue weighted by Gasteiger charge is -2.37. The van der Waals surface area contributed by atoms with E-state index >= 15 is 0 Å². The molecule has 2 aliphatic heterocycles. The molecule has 0 bridgehead atoms. The van der Waals surface area contributed by atoms with Crippen LogP contribution in [0.5, 0.6) is 0 Å². The summed E-state index contributed by atoms with van der Waals surface area (Å²) in [5.74, 6) is 0.762. The van der Waals surface area contributed by atoms with Crippen LogP contribution >= 0.6 is 0 Å². The molecule has 0 aliphatic carbocycles. The fraction of sp³-hybridized carbons (Fsp3) is 0.562. The number of hydrogen-bond donors (Lipinski definition) is 0. The van der Waals surface area contributed by atoms with Crippen LogP contribution in [0, 0.1) is 5.92 Å². The zero-order valence-corrected chi connectivity index (χ0v) is 11.6. The number of hydrogen-bond acceptors (Lipinski definition) is 1. The van der Waals surface area contributed by atoms with E-state index in [0.717, 1.165) is 56.9 Å². The van der Waals surface area contributed by atoms with E-state index < -0.39 is 0 Å². The zero-order chi connectivity index (χ0) is 13.2. The van der Waals surface area contributed by atoms with Crippen molar-refractivity contribution in [2.75, 3.05) is 24.5 Å². The molecule has 1 saturated heterocycles. The standard InChI is InChI=1S/C16H22N2O/c1-13-8-11-17(12-9-13)16(19)18-10-4-6-14-5-2-3-7-15(14)18/h2-3,5,7,13H,4,6,8-12H2,1H3. The molecule has 19 heavy (non-hydrogen) atoms. The summed E-state index contributed by atoms with van der Waals surface area (Å²) in [6.45, 7) is 4.97. The summed E-state index contributed by atoms with van der Waals surface area (Å²) in [4.78, 5) is 16.7. The number of likely N-dealkylation sites (tertiary alicyclic amines) is 1. The number of benzene rings is 1. The Morgan fingerprint density at radius 3 is 2.68 bits per heavy atom. The van der Waals surface area contributed by atoms with Gasteiger partial charge >= 0.3 is 6.03 Å². The Morgan fingerprint density at radius 1 is 1.16 bits per heavy atom. The van der Waals surface area contributed by atoms with E-state index in [1.54, 1.807) is 0 Å². The predicted octanol–water partition coefficient (Wildman–Crippen LogP) is 3.29. The molecule has 102 valence electrons. The molecule has 3 nitrogen and oxygen atoms in total. The van der Waals surface area contributed by atoms with Crippen molar-refractivity contribution in [3.05, 3.63) is 29.8 Å². The number of fused-ring (bicyclic) bond motifs is 1. The zero-order valence-electron chi connectivity index (χ0n) is 11.6. The lowest BCUT2D eigenvalue weighted by atomic mass is 9.99. The molecule has 1 aromatic rings. The van der Waals surface area contributed by atoms with Crippen LogP contribution in [0.1, 0.15) is 31.7 Å². The summed E-state index contributed by atoms with van der Waals surface area (Å²) in [6.07, 6.45) is 4.45. The van der Waals surface area contributed by atoms with Crippen molar-refractivity contribution in [3.8, 4) is 0 Å². The minimum atomic E-state index is 0.207. The monoisotopic (exact) mass is 258 g/mol. The van der Waals surface area contributed by atoms with Crippen molar-refractivity contribution in [1.29, 1.82) is 0 Å². The minimum absolute atomic E-state index is 0.207. The van der Waals surface area contributed by atoms with Gasteiger partial charge in [-0.25, -0.2) is 4.79 Å². The Morgan fingerprint density at radius 2 is 1.89 bits per heavy atom. The number of carbonyl (C=O) groups excluding carboxylic acids is 1. The highest BCUT2D eigenvalue weighted by Gasteiger charge is 2.28. The number of carbonyl (C=O) groups is 1. The maximum atomic E-state index is 12.7. The molecular weight excluding hydrogens is 236 g/mol. The first-order valence-electron chi connectivity index (χ1n) is 7.40. The van der Waals surface area contributed by atoms with Gasteiger partial charge in [0.05, 0.1) is 0 Å². The van der Waals surface area contributed by atoms with Crippen molar-refractivity contribution < 1.29 is 4.79 Å². The topological polar surface area (TPSA) is 23.6 Å². The van der Waals surface area contributed by atoms with E-state index in [9.17, 15) is 4.79 Å². The number of anilines is 1. The number of piperidine rings is 1. The molecule has 0 aromatic heterocycles. The van der Waals surface area contributed by atoms with E-state index in [4.69, 9.17) is 0 Å². The van der Waals surface area contributed by atoms with Crippen LogP contribution in [0.2, 0.25) is 0 Å². The first-order chi connectivity index (χ1) is 9.25. The van der Waals surface area contributed by atoms with Gasteiger partial charge in [-0.1, -0.05) is 25.1 Å². The summed E-state index contributed by atoms with van der Waals surface area (Å²) in [5.41, 5.74) is 2.44. The normalized spacial score (nSPS) is 20.3. The number of rotatable bonds is 0. The molecule has 2 heterocycles. The molecule has 1 aromatic carbocycles. The van der Waals surface area contributed by atoms with Crippen LogP contribution in [0.15, 0.2) is 24.3 Å². The first-order valence-corrected chi connectivity index (χ1v) is 7.40. The van der Waals surface area contributed by atoms with Crippen LogP contribution in [0.25, 0.3) is 0 Å². The predicted molar refractivity (Wildman–Crippen MR) is 77.5 cm³/mol. The third kappa shape index (κ3) is 2.46. The molecule has 3 heteroatoms. The van der Waals surface area contributed by atoms with Crippen molar-refractivity contribution in [1.82, 2.24) is 4.90 Å². The van der Waals surface area contributed by atoms with Gasteiger partial charge in [-0.3, -0.25) is 4.90 Å². The molecule has 0 N–H and O–H groups in total. The molecule has 2 aliphatic rings. The van der Waals surface area contributed by atoms with E-state index in [-0.39, 0.29) is 6.03 Å². The van der Waals surface area contributed by atoms with Crippen molar-refractivity contribution in [3.63, 3.8) is 0 Å². The van der Waals surface area contributed by atoms with Gasteiger partial charge in [0.25, 0.3) is 0 Å². The largest absolute Gasteiger partial charge is 0.324 e. The van der Waals surface area contributed by atoms with E-state index in [0.29, 0.717) is 0 Å². The summed E-state index contributed by atoms with van der Waals surface area (Å²) in [6, 6.07) is 8.53. The third-order valence-corrected chi connectivity index (χ3v) is 4.40. The van der Waals surface area contributed by atoms with Gasteiger partial charge in [-0.05, 0) is 43.2 Å². The number of amides is 2. The SMILES string of the molecule is CC1CCN(C(=O)N2CCCc3ccccc32)CC1. The maximum absolute atomic E-state index is 12.7. The molecule has 0 atom stereocenters. The average Bonchev–Trinajstić information content (AvgIpc) is 2.47. The Bertz CT molecular complexity index is 464. The fourth-order valence-electron chi connectivity index (χ4n) is 3.10. The summed E-state index contributed by atoms with van der Waals surface area (Å²) in [5, 5.41) is 0. The second kappa shape index (κ2) is 5.24. The van der Waals surface area contributed by atoms with Gasteiger partial charge in [-0.2, -0.15) is 0 Å². The highest BCUT2D eigenvalue weighted by molar-refractivity contribution is 5.93. The summed E-state index contributed by atoms with van der Waals surface area (Å²) < 4.78 is 0. The van der Waals surface area contributed by atoms with Gasteiger partial charge < -0.3 is 4.90 Å². The van der Waals surface area contributed by atoms with E-state index in [2.05, 4.69) is 25.1 Å². The Labute approximate surface area is 115 Å². The Kier molecular flexibility index (Phi) is 3.45. The van der Waals surface area contributed by atoms with Crippen LogP contribution in [-0.4, -0.2) is 30.6 Å². The third-order valence-electron chi connectivity index (χ3n) is 4.40. The van der Waals surface area contributed by atoms with Gasteiger partial charge in [-0.15, -0.1) is 0 Å². The van der Waals surface area contributed by atoms with Crippen LogP contribution < -0.4 is 4.90 Å². The second-order valence-electron chi connectivity index (χ2n) is 5.84. The number of aryl methyl sites for hydroxylation is 1. The van der Waals surface area contributed by atoms with Gasteiger partial charge in [0, 0.05) is 25.3 Å². The van der Waals surface area contributed by atoms with Crippen LogP contribution in [0.3, 0.4) is 0 Å². The molecule has 0 radical (unpaired) electrons. The van der Waals surface area contributed by atoms with Gasteiger partial charge in [0.1, 0.15) is 0 Å². The summed E-state index contributed by atoms with van der Waals surface area (Å²) >= 11 is 0. The average molecular weight is 258 g/mol. The summed E-state index contributed by atoms with van der Waals surface area (Å²) in [7, 11) is 0. The quantitative estimate of drug-likeness (QED) is 0.700. The molecule has 0 saturated carbocycles. The van der Waals surface area contributed by atoms with Crippen LogP contribution in [-0.2, 0) is 6.42 Å². The lowest BCUT2D eigenvalue weighted by molar-refractivity contribution is 0.179. The highest BCUT2D eigenvalue weighted by Crippen LogP contribution is 2.28. The second-order valence-corrected chi connectivity index (χ2v) is 5.84. The molecular formula is C16H22N2O. The number of para-hydroxylation sites is 1. The Balaban J connectivity index is 1.78. The lowest BCUT2D eigenvalue weighted by Crippen LogP contribution is -2.48. The fourth-order valence-corrected chi connectivity index (χ4v) is 3.10. The van der Waals surface area contributed by atoms with Crippen molar-refractivity contribution in [2.24, 2.45) is 5.92 Å². The molecule has 3 rings (SSSR count). The molecule has 0 unspecified atom stereocenters. The molecule has 0 spiro atoms. The smallest absolute Gasteiger partial charge is 0.324 e. The number of nitrogens with zero attached hydrogens (tertiary/aromatic N) is 2. The maximum Gasteiger partial charge on any atom is 0.324 e. The minimum Gasteiger partial charge on any atom is -0.324 e. The molecule has 2 amide bonds. The van der Waals surface area contributed by atoms with Gasteiger partial charge in [0.2, 0.25) is 0 Å².